The number of halogens is 3. The predicted octanol–water partition coefficient (Wildman–Crippen LogP) is 3.47. The molecule has 0 radical (unpaired) electrons. The van der Waals surface area contributed by atoms with Crippen molar-refractivity contribution in [3.05, 3.63) is 58.3 Å². The van der Waals surface area contributed by atoms with Crippen LogP contribution >= 0.6 is 23.2 Å². The molecule has 0 saturated carbocycles. The largest absolute Gasteiger partial charge is 0.323 e. The number of sulfonamides is 1. The summed E-state index contributed by atoms with van der Waals surface area (Å²) in [6.07, 6.45) is 0. The summed E-state index contributed by atoms with van der Waals surface area (Å²) >= 11 is 11.8. The second-order valence-corrected chi connectivity index (χ2v) is 9.41. The Kier molecular flexibility index (Phi) is 6.80. The first-order valence-corrected chi connectivity index (χ1v) is 11.1. The van der Waals surface area contributed by atoms with E-state index in [9.17, 15) is 17.6 Å². The molecular formula is C19H20Cl2FN3O3S. The highest BCUT2D eigenvalue weighted by Gasteiger charge is 2.32. The second-order valence-electron chi connectivity index (χ2n) is 6.66. The highest BCUT2D eigenvalue weighted by atomic mass is 35.5. The Balaban J connectivity index is 1.62. The molecule has 1 N–H and O–H groups in total. The molecule has 1 aliphatic rings. The van der Waals surface area contributed by atoms with Crippen LogP contribution in [0.15, 0.2) is 47.4 Å². The van der Waals surface area contributed by atoms with E-state index < -0.39 is 21.9 Å². The van der Waals surface area contributed by atoms with Gasteiger partial charge in [0.1, 0.15) is 5.82 Å². The number of nitrogens with zero attached hydrogens (tertiary/aromatic N) is 2. The standard InChI is InChI=1S/C19H20Cl2FN3O3S/c1-13(19(26)23-18-5-3-2-4-15(18)20)24-8-10-25(11-9-24)29(27,28)14-6-7-17(22)16(21)12-14/h2-7,12-13H,8-11H2,1H3,(H,23,26). The van der Waals surface area contributed by atoms with E-state index in [0.717, 1.165) is 12.1 Å². The van der Waals surface area contributed by atoms with Gasteiger partial charge in [0.25, 0.3) is 0 Å². The molecule has 1 amide bonds. The van der Waals surface area contributed by atoms with E-state index in [0.29, 0.717) is 23.8 Å². The van der Waals surface area contributed by atoms with E-state index in [-0.39, 0.29) is 28.9 Å². The summed E-state index contributed by atoms with van der Waals surface area (Å²) in [6.45, 7) is 2.94. The Morgan fingerprint density at radius 2 is 1.72 bits per heavy atom. The van der Waals surface area contributed by atoms with Gasteiger partial charge in [-0.25, -0.2) is 12.8 Å². The van der Waals surface area contributed by atoms with Crippen molar-refractivity contribution in [1.29, 1.82) is 0 Å². The number of carbonyl (C=O) groups excluding carboxylic acids is 1. The molecule has 3 rings (SSSR count). The van der Waals surface area contributed by atoms with Crippen molar-refractivity contribution >= 4 is 44.8 Å². The van der Waals surface area contributed by atoms with Gasteiger partial charge >= 0.3 is 0 Å². The van der Waals surface area contributed by atoms with Crippen LogP contribution in [0.1, 0.15) is 6.92 Å². The number of anilines is 1. The zero-order valence-corrected chi connectivity index (χ0v) is 17.9. The lowest BCUT2D eigenvalue weighted by Crippen LogP contribution is -2.53. The minimum Gasteiger partial charge on any atom is -0.323 e. The van der Waals surface area contributed by atoms with Gasteiger partial charge in [-0.15, -0.1) is 0 Å². The number of piperazine rings is 1. The van der Waals surface area contributed by atoms with Gasteiger partial charge in [0.15, 0.2) is 0 Å². The molecule has 1 atom stereocenters. The highest BCUT2D eigenvalue weighted by Crippen LogP contribution is 2.24. The van der Waals surface area contributed by atoms with Gasteiger partial charge in [-0.05, 0) is 37.3 Å². The summed E-state index contributed by atoms with van der Waals surface area (Å²) in [7, 11) is -3.79. The number of carbonyl (C=O) groups is 1. The summed E-state index contributed by atoms with van der Waals surface area (Å²) in [5.41, 5.74) is 0.528. The summed E-state index contributed by atoms with van der Waals surface area (Å²) < 4.78 is 40.2. The Morgan fingerprint density at radius 1 is 1.07 bits per heavy atom. The van der Waals surface area contributed by atoms with Crippen molar-refractivity contribution in [3.8, 4) is 0 Å². The van der Waals surface area contributed by atoms with E-state index >= 15 is 0 Å². The zero-order valence-electron chi connectivity index (χ0n) is 15.6. The maximum atomic E-state index is 13.3. The van der Waals surface area contributed by atoms with Gasteiger partial charge in [-0.2, -0.15) is 4.31 Å². The molecule has 1 fully saturated rings. The highest BCUT2D eigenvalue weighted by molar-refractivity contribution is 7.89. The van der Waals surface area contributed by atoms with Gasteiger partial charge < -0.3 is 5.32 Å². The molecule has 10 heteroatoms. The predicted molar refractivity (Wildman–Crippen MR) is 111 cm³/mol. The van der Waals surface area contributed by atoms with Crippen LogP contribution in [0, 0.1) is 5.82 Å². The summed E-state index contributed by atoms with van der Waals surface area (Å²) in [5, 5.41) is 3.00. The average Bonchev–Trinajstić information content (AvgIpc) is 2.71. The molecule has 0 aromatic heterocycles. The summed E-state index contributed by atoms with van der Waals surface area (Å²) in [4.78, 5) is 14.4. The number of nitrogens with one attached hydrogen (secondary N) is 1. The van der Waals surface area contributed by atoms with Crippen LogP contribution in [0.5, 0.6) is 0 Å². The van der Waals surface area contributed by atoms with Crippen LogP contribution < -0.4 is 5.32 Å². The fourth-order valence-corrected chi connectivity index (χ4v) is 4.96. The van der Waals surface area contributed by atoms with Crippen LogP contribution in [0.25, 0.3) is 0 Å². The molecular weight excluding hydrogens is 440 g/mol. The van der Waals surface area contributed by atoms with Crippen LogP contribution in [0.4, 0.5) is 10.1 Å². The lowest BCUT2D eigenvalue weighted by molar-refractivity contribution is -0.121. The minimum atomic E-state index is -3.79. The van der Waals surface area contributed by atoms with Crippen LogP contribution in [-0.2, 0) is 14.8 Å². The van der Waals surface area contributed by atoms with Crippen molar-refractivity contribution < 1.29 is 17.6 Å². The number of amides is 1. The lowest BCUT2D eigenvalue weighted by Gasteiger charge is -2.36. The van der Waals surface area contributed by atoms with Crippen LogP contribution in [0.2, 0.25) is 10.0 Å². The molecule has 156 valence electrons. The molecule has 1 heterocycles. The molecule has 0 bridgehead atoms. The summed E-state index contributed by atoms with van der Waals surface area (Å²) in [5.74, 6) is -0.895. The third kappa shape index (κ3) is 4.90. The normalized spacial score (nSPS) is 17.1. The van der Waals surface area contributed by atoms with Gasteiger partial charge in [0, 0.05) is 26.2 Å². The molecule has 1 unspecified atom stereocenters. The Morgan fingerprint density at radius 3 is 2.34 bits per heavy atom. The number of benzene rings is 2. The molecule has 2 aromatic carbocycles. The quantitative estimate of drug-likeness (QED) is 0.742. The van der Waals surface area contributed by atoms with Crippen molar-refractivity contribution in [2.75, 3.05) is 31.5 Å². The topological polar surface area (TPSA) is 69.7 Å². The van der Waals surface area contributed by atoms with Gasteiger partial charge in [0.05, 0.1) is 26.7 Å². The first-order valence-electron chi connectivity index (χ1n) is 8.95. The van der Waals surface area contributed by atoms with Crippen LogP contribution in [0.3, 0.4) is 0 Å². The fourth-order valence-electron chi connectivity index (χ4n) is 3.08. The van der Waals surface area contributed by atoms with E-state index in [2.05, 4.69) is 5.32 Å². The maximum Gasteiger partial charge on any atom is 0.243 e. The maximum absolute atomic E-state index is 13.3. The fraction of sp³-hybridized carbons (Fsp3) is 0.316. The van der Waals surface area contributed by atoms with Crippen molar-refractivity contribution in [3.63, 3.8) is 0 Å². The Hall–Kier alpha value is -1.71. The van der Waals surface area contributed by atoms with Gasteiger partial charge in [-0.1, -0.05) is 35.3 Å². The van der Waals surface area contributed by atoms with Gasteiger partial charge in [-0.3, -0.25) is 9.69 Å². The monoisotopic (exact) mass is 459 g/mol. The molecule has 6 nitrogen and oxygen atoms in total. The number of para-hydroxylation sites is 1. The Bertz CT molecular complexity index is 1010. The van der Waals surface area contributed by atoms with Crippen molar-refractivity contribution in [1.82, 2.24) is 9.21 Å². The molecule has 1 saturated heterocycles. The van der Waals surface area contributed by atoms with E-state index in [1.807, 2.05) is 4.90 Å². The molecule has 29 heavy (non-hydrogen) atoms. The molecule has 1 aliphatic heterocycles. The number of hydrogen-bond donors (Lipinski definition) is 1. The minimum absolute atomic E-state index is 0.0538. The van der Waals surface area contributed by atoms with E-state index in [4.69, 9.17) is 23.2 Å². The zero-order chi connectivity index (χ0) is 21.2. The SMILES string of the molecule is CC(C(=O)Nc1ccccc1Cl)N1CCN(S(=O)(=O)c2ccc(F)c(Cl)c2)CC1. The van der Waals surface area contributed by atoms with Gasteiger partial charge in [0.2, 0.25) is 15.9 Å². The molecule has 2 aromatic rings. The van der Waals surface area contributed by atoms with E-state index in [1.54, 1.807) is 31.2 Å². The average molecular weight is 460 g/mol. The number of rotatable bonds is 5. The number of hydrogen-bond acceptors (Lipinski definition) is 4. The third-order valence-corrected chi connectivity index (χ3v) is 7.37. The third-order valence-electron chi connectivity index (χ3n) is 4.86. The Labute approximate surface area is 179 Å². The lowest BCUT2D eigenvalue weighted by atomic mass is 10.2. The van der Waals surface area contributed by atoms with Crippen molar-refractivity contribution in [2.45, 2.75) is 17.9 Å². The first-order chi connectivity index (χ1) is 13.7. The first kappa shape index (κ1) is 22.0. The van der Waals surface area contributed by atoms with Crippen LogP contribution in [-0.4, -0.2) is 55.8 Å². The van der Waals surface area contributed by atoms with E-state index in [1.165, 1.54) is 10.4 Å². The molecule has 0 aliphatic carbocycles. The smallest absolute Gasteiger partial charge is 0.243 e. The molecule has 0 spiro atoms. The summed E-state index contributed by atoms with van der Waals surface area (Å²) in [6, 6.07) is 9.83. The van der Waals surface area contributed by atoms with Crippen molar-refractivity contribution in [2.24, 2.45) is 0 Å². The second kappa shape index (κ2) is 8.97.